The summed E-state index contributed by atoms with van der Waals surface area (Å²) >= 11 is 0. The quantitative estimate of drug-likeness (QED) is 0.860. The molecule has 1 aromatic carbocycles. The first kappa shape index (κ1) is 18.6. The van der Waals surface area contributed by atoms with Gasteiger partial charge < -0.3 is 15.4 Å². The highest BCUT2D eigenvalue weighted by Gasteiger charge is 2.32. The summed E-state index contributed by atoms with van der Waals surface area (Å²) in [6.45, 7) is 3.18. The average molecular weight is 351 g/mol. The van der Waals surface area contributed by atoms with E-state index in [1.54, 1.807) is 25.6 Å². The molecule has 1 amide bonds. The largest absolute Gasteiger partial charge is 0.384 e. The number of hydrogen-bond acceptors (Lipinski definition) is 5. The molecule has 1 aliphatic heterocycles. The summed E-state index contributed by atoms with van der Waals surface area (Å²) in [5, 5.41) is 6.43. The maximum atomic E-state index is 12.6. The first-order valence-corrected chi connectivity index (χ1v) is 7.92. The van der Waals surface area contributed by atoms with Gasteiger partial charge in [-0.05, 0) is 38.1 Å². The average Bonchev–Trinajstić information content (AvgIpc) is 2.60. The molecule has 0 bridgehead atoms. The molecular formula is C17H23ClN4O2. The van der Waals surface area contributed by atoms with E-state index in [0.29, 0.717) is 24.2 Å². The summed E-state index contributed by atoms with van der Waals surface area (Å²) in [4.78, 5) is 21.2. The standard InChI is InChI=1S/C17H22N4O2.ClH/c1-23-12-17(5-7-18-8-6-17)11-21-16(22)13-3-2-4-14-15(13)20-10-9-19-14;/h2-4,9-10,18H,5-8,11-12H2,1H3,(H,21,22);1H. The van der Waals surface area contributed by atoms with Gasteiger partial charge >= 0.3 is 0 Å². The fourth-order valence-corrected chi connectivity index (χ4v) is 3.17. The van der Waals surface area contributed by atoms with Crippen molar-refractivity contribution in [2.24, 2.45) is 5.41 Å². The smallest absolute Gasteiger partial charge is 0.253 e. The summed E-state index contributed by atoms with van der Waals surface area (Å²) in [7, 11) is 1.71. The summed E-state index contributed by atoms with van der Waals surface area (Å²) in [5.74, 6) is -0.106. The molecule has 6 nitrogen and oxygen atoms in total. The fraction of sp³-hybridized carbons (Fsp3) is 0.471. The molecule has 3 rings (SSSR count). The van der Waals surface area contributed by atoms with Gasteiger partial charge in [-0.25, -0.2) is 0 Å². The van der Waals surface area contributed by atoms with Crippen LogP contribution in [0, 0.1) is 5.41 Å². The van der Waals surface area contributed by atoms with Crippen LogP contribution in [0.2, 0.25) is 0 Å². The first-order valence-electron chi connectivity index (χ1n) is 7.92. The van der Waals surface area contributed by atoms with E-state index in [1.165, 1.54) is 0 Å². The Morgan fingerprint density at radius 1 is 1.29 bits per heavy atom. The molecule has 2 N–H and O–H groups in total. The molecule has 130 valence electrons. The highest BCUT2D eigenvalue weighted by molar-refractivity contribution is 6.04. The molecule has 0 spiro atoms. The van der Waals surface area contributed by atoms with E-state index < -0.39 is 0 Å². The van der Waals surface area contributed by atoms with Crippen molar-refractivity contribution >= 4 is 29.3 Å². The van der Waals surface area contributed by atoms with Crippen LogP contribution in [-0.2, 0) is 4.74 Å². The van der Waals surface area contributed by atoms with E-state index in [-0.39, 0.29) is 23.7 Å². The second kappa shape index (κ2) is 8.37. The third-order valence-corrected chi connectivity index (χ3v) is 4.48. The summed E-state index contributed by atoms with van der Waals surface area (Å²) in [6.07, 6.45) is 5.23. The Labute approximate surface area is 147 Å². The molecule has 0 radical (unpaired) electrons. The minimum absolute atomic E-state index is 0. The Morgan fingerprint density at radius 3 is 2.79 bits per heavy atom. The van der Waals surface area contributed by atoms with Gasteiger partial charge in [0.1, 0.15) is 5.52 Å². The van der Waals surface area contributed by atoms with Crippen LogP contribution in [0.15, 0.2) is 30.6 Å². The van der Waals surface area contributed by atoms with Crippen LogP contribution in [-0.4, -0.2) is 49.2 Å². The Morgan fingerprint density at radius 2 is 2.04 bits per heavy atom. The number of halogens is 1. The predicted octanol–water partition coefficient (Wildman–Crippen LogP) is 1.80. The molecule has 24 heavy (non-hydrogen) atoms. The summed E-state index contributed by atoms with van der Waals surface area (Å²) in [5.41, 5.74) is 1.94. The van der Waals surface area contributed by atoms with Crippen molar-refractivity contribution in [3.8, 4) is 0 Å². The van der Waals surface area contributed by atoms with Gasteiger partial charge in [0.05, 0.1) is 17.7 Å². The Bertz CT molecular complexity index is 678. The fourth-order valence-electron chi connectivity index (χ4n) is 3.17. The second-order valence-corrected chi connectivity index (χ2v) is 6.10. The number of para-hydroxylation sites is 1. The topological polar surface area (TPSA) is 76.1 Å². The van der Waals surface area contributed by atoms with Gasteiger partial charge in [-0.3, -0.25) is 14.8 Å². The van der Waals surface area contributed by atoms with Gasteiger partial charge in [-0.15, -0.1) is 12.4 Å². The number of aromatic nitrogens is 2. The minimum Gasteiger partial charge on any atom is -0.384 e. The van der Waals surface area contributed by atoms with Crippen LogP contribution < -0.4 is 10.6 Å². The zero-order chi connectivity index (χ0) is 16.1. The number of methoxy groups -OCH3 is 1. The third-order valence-electron chi connectivity index (χ3n) is 4.48. The molecule has 7 heteroatoms. The number of nitrogens with one attached hydrogen (secondary N) is 2. The van der Waals surface area contributed by atoms with Gasteiger partial charge in [0.15, 0.2) is 0 Å². The number of benzene rings is 1. The van der Waals surface area contributed by atoms with Crippen molar-refractivity contribution < 1.29 is 9.53 Å². The van der Waals surface area contributed by atoms with E-state index in [9.17, 15) is 4.79 Å². The van der Waals surface area contributed by atoms with Gasteiger partial charge in [0.25, 0.3) is 5.91 Å². The summed E-state index contributed by atoms with van der Waals surface area (Å²) in [6, 6.07) is 5.48. The maximum Gasteiger partial charge on any atom is 0.253 e. The van der Waals surface area contributed by atoms with E-state index in [0.717, 1.165) is 31.4 Å². The molecule has 0 atom stereocenters. The van der Waals surface area contributed by atoms with E-state index in [4.69, 9.17) is 4.74 Å². The van der Waals surface area contributed by atoms with Crippen LogP contribution in [0.4, 0.5) is 0 Å². The highest BCUT2D eigenvalue weighted by atomic mass is 35.5. The lowest BCUT2D eigenvalue weighted by Gasteiger charge is -2.37. The van der Waals surface area contributed by atoms with Crippen molar-refractivity contribution in [1.29, 1.82) is 0 Å². The number of piperidine rings is 1. The zero-order valence-corrected chi connectivity index (χ0v) is 14.6. The predicted molar refractivity (Wildman–Crippen MR) is 95.5 cm³/mol. The second-order valence-electron chi connectivity index (χ2n) is 6.10. The van der Waals surface area contributed by atoms with E-state index in [2.05, 4.69) is 20.6 Å². The van der Waals surface area contributed by atoms with Crippen LogP contribution in [0.3, 0.4) is 0 Å². The van der Waals surface area contributed by atoms with Gasteiger partial charge in [-0.2, -0.15) is 0 Å². The molecule has 2 aromatic rings. The van der Waals surface area contributed by atoms with Crippen LogP contribution in [0.25, 0.3) is 11.0 Å². The number of rotatable bonds is 5. The number of nitrogens with zero attached hydrogens (tertiary/aromatic N) is 2. The molecule has 1 fully saturated rings. The van der Waals surface area contributed by atoms with Crippen molar-refractivity contribution in [2.45, 2.75) is 12.8 Å². The molecule has 0 unspecified atom stereocenters. The Balaban J connectivity index is 0.00000208. The number of carbonyl (C=O) groups is 1. The first-order chi connectivity index (χ1) is 11.2. The molecule has 0 saturated carbocycles. The highest BCUT2D eigenvalue weighted by Crippen LogP contribution is 2.28. The molecule has 0 aliphatic carbocycles. The number of carbonyl (C=O) groups excluding carboxylic acids is 1. The number of ether oxygens (including phenoxy) is 1. The molecule has 1 aromatic heterocycles. The maximum absolute atomic E-state index is 12.6. The Kier molecular flexibility index (Phi) is 6.48. The van der Waals surface area contributed by atoms with E-state index in [1.807, 2.05) is 12.1 Å². The lowest BCUT2D eigenvalue weighted by atomic mass is 9.79. The van der Waals surface area contributed by atoms with E-state index >= 15 is 0 Å². The van der Waals surface area contributed by atoms with Crippen LogP contribution in [0.1, 0.15) is 23.2 Å². The molecular weight excluding hydrogens is 328 g/mol. The van der Waals surface area contributed by atoms with Crippen molar-refractivity contribution in [1.82, 2.24) is 20.6 Å². The zero-order valence-electron chi connectivity index (χ0n) is 13.7. The van der Waals surface area contributed by atoms with Crippen molar-refractivity contribution in [3.05, 3.63) is 36.2 Å². The number of fused-ring (bicyclic) bond motifs is 1. The van der Waals surface area contributed by atoms with Gasteiger partial charge in [-0.1, -0.05) is 6.07 Å². The Hall–Kier alpha value is -1.76. The van der Waals surface area contributed by atoms with Gasteiger partial charge in [0.2, 0.25) is 0 Å². The number of hydrogen-bond donors (Lipinski definition) is 2. The summed E-state index contributed by atoms with van der Waals surface area (Å²) < 4.78 is 5.39. The van der Waals surface area contributed by atoms with Gasteiger partial charge in [0, 0.05) is 31.5 Å². The molecule has 1 saturated heterocycles. The monoisotopic (exact) mass is 350 g/mol. The normalized spacial score (nSPS) is 16.4. The number of amides is 1. The SMILES string of the molecule is COCC1(CNC(=O)c2cccc3nccnc23)CCNCC1.Cl. The third kappa shape index (κ3) is 4.01. The minimum atomic E-state index is -0.106. The van der Waals surface area contributed by atoms with Crippen LogP contribution >= 0.6 is 12.4 Å². The van der Waals surface area contributed by atoms with Crippen LogP contribution in [0.5, 0.6) is 0 Å². The lowest BCUT2D eigenvalue weighted by Crippen LogP contribution is -2.47. The molecule has 2 heterocycles. The van der Waals surface area contributed by atoms with Crippen molar-refractivity contribution in [3.63, 3.8) is 0 Å². The van der Waals surface area contributed by atoms with Crippen molar-refractivity contribution in [2.75, 3.05) is 33.4 Å². The lowest BCUT2D eigenvalue weighted by molar-refractivity contribution is 0.0512. The molecule has 1 aliphatic rings.